The van der Waals surface area contributed by atoms with E-state index in [4.69, 9.17) is 43.6 Å². The van der Waals surface area contributed by atoms with Crippen LogP contribution in [-0.4, -0.2) is 39.2 Å². The molecule has 0 bridgehead atoms. The third kappa shape index (κ3) is 4.70. The zero-order valence-electron chi connectivity index (χ0n) is 27.1. The molecule has 9 rings (SSSR count). The molecule has 9 aromatic rings. The van der Waals surface area contributed by atoms with Gasteiger partial charge < -0.3 is 4.42 Å². The summed E-state index contributed by atoms with van der Waals surface area (Å²) in [5, 5.41) is 6.13. The molecule has 0 saturated heterocycles. The van der Waals surface area contributed by atoms with Crippen molar-refractivity contribution in [3.63, 3.8) is 0 Å². The van der Waals surface area contributed by atoms with E-state index in [0.29, 0.717) is 16.5 Å². The number of furan rings is 1. The fraction of sp³-hybridized carbons (Fsp3) is 0. The molecule has 0 fully saturated rings. The Morgan fingerprint density at radius 1 is 0.280 bits per heavy atom. The zero-order valence-corrected chi connectivity index (χ0v) is 27.1. The maximum Gasteiger partial charge on any atom is 0.135 e. The summed E-state index contributed by atoms with van der Waals surface area (Å²) >= 11 is 0. The molecular formula is C44H23B5O. The van der Waals surface area contributed by atoms with Crippen molar-refractivity contribution in [3.05, 3.63) is 140 Å². The van der Waals surface area contributed by atoms with Gasteiger partial charge in [0.2, 0.25) is 0 Å². The minimum Gasteiger partial charge on any atom is -0.456 e. The summed E-state index contributed by atoms with van der Waals surface area (Å²) in [6.45, 7) is 0. The third-order valence-electron chi connectivity index (χ3n) is 9.94. The maximum absolute atomic E-state index is 6.66. The second-order valence-electron chi connectivity index (χ2n) is 12.8. The van der Waals surface area contributed by atoms with Crippen LogP contribution in [0.15, 0.2) is 144 Å². The number of hydrogen-bond donors (Lipinski definition) is 0. The summed E-state index contributed by atoms with van der Waals surface area (Å²) in [6.07, 6.45) is 0. The monoisotopic (exact) mass is 622 g/mol. The van der Waals surface area contributed by atoms with Crippen molar-refractivity contribution in [2.45, 2.75) is 0 Å². The van der Waals surface area contributed by atoms with Crippen molar-refractivity contribution < 1.29 is 4.42 Å². The summed E-state index contributed by atoms with van der Waals surface area (Å²) < 4.78 is 6.38. The van der Waals surface area contributed by atoms with E-state index in [2.05, 4.69) is 109 Å². The average Bonchev–Trinajstić information content (AvgIpc) is 3.53. The lowest BCUT2D eigenvalue weighted by atomic mass is 9.59. The summed E-state index contributed by atoms with van der Waals surface area (Å²) in [7, 11) is 32.3. The van der Waals surface area contributed by atoms with Crippen LogP contribution in [0, 0.1) is 0 Å². The van der Waals surface area contributed by atoms with Crippen LogP contribution in [0.1, 0.15) is 0 Å². The van der Waals surface area contributed by atoms with E-state index >= 15 is 0 Å². The lowest BCUT2D eigenvalue weighted by molar-refractivity contribution is 0.669. The maximum atomic E-state index is 6.66. The first-order chi connectivity index (χ1) is 24.4. The lowest BCUT2D eigenvalue weighted by Gasteiger charge is -2.25. The third-order valence-corrected chi connectivity index (χ3v) is 9.94. The van der Waals surface area contributed by atoms with Crippen molar-refractivity contribution in [1.82, 2.24) is 0 Å². The minimum atomic E-state index is 0.196. The Morgan fingerprint density at radius 2 is 0.700 bits per heavy atom. The molecule has 10 radical (unpaired) electrons. The molecule has 0 aliphatic carbocycles. The number of rotatable bonds is 4. The second kappa shape index (κ2) is 11.8. The molecule has 1 nitrogen and oxygen atoms in total. The van der Waals surface area contributed by atoms with E-state index in [1.165, 1.54) is 11.1 Å². The van der Waals surface area contributed by atoms with Crippen LogP contribution >= 0.6 is 0 Å². The highest BCUT2D eigenvalue weighted by molar-refractivity contribution is 6.69. The Morgan fingerprint density at radius 3 is 1.28 bits per heavy atom. The SMILES string of the molecule is [B]c1c([B])c([B])c(-c2c3ccccc3c(-c3ccc4oc5ccc(-c6cccc(-c7ccccc7)c6)cc5c4c3)c3ccccc23)c([B])c1[B]. The van der Waals surface area contributed by atoms with E-state index in [1.54, 1.807) is 0 Å². The molecule has 220 valence electrons. The van der Waals surface area contributed by atoms with Gasteiger partial charge in [0.15, 0.2) is 0 Å². The average molecular weight is 622 g/mol. The lowest BCUT2D eigenvalue weighted by Crippen LogP contribution is -2.55. The van der Waals surface area contributed by atoms with Gasteiger partial charge >= 0.3 is 0 Å². The van der Waals surface area contributed by atoms with Crippen LogP contribution in [0.3, 0.4) is 0 Å². The molecule has 0 amide bonds. The van der Waals surface area contributed by atoms with E-state index in [1.807, 2.05) is 30.3 Å². The van der Waals surface area contributed by atoms with Crippen molar-refractivity contribution in [2.75, 3.05) is 0 Å². The summed E-state index contributed by atoms with van der Waals surface area (Å²) in [5.74, 6) is 0. The van der Waals surface area contributed by atoms with Gasteiger partial charge in [-0.25, -0.2) is 0 Å². The summed E-state index contributed by atoms with van der Waals surface area (Å²) in [4.78, 5) is 0. The largest absolute Gasteiger partial charge is 0.456 e. The standard InChI is InChI=1S/C44H23B5O/c45-40-39(41(46)43(48)44(49)42(40)47)38-31-15-6-4-13-29(31)37(30-14-5-7-16-32(30)38)28-18-20-36-34(23-28)33-22-27(17-19-35(33)50-36)26-12-8-11-25(21-26)24-9-2-1-3-10-24/h1-23H. The fourth-order valence-electron chi connectivity index (χ4n) is 7.45. The highest BCUT2D eigenvalue weighted by Crippen LogP contribution is 2.44. The predicted molar refractivity (Wildman–Crippen MR) is 217 cm³/mol. The highest BCUT2D eigenvalue weighted by Gasteiger charge is 2.21. The molecule has 6 heteroatoms. The van der Waals surface area contributed by atoms with Gasteiger partial charge in [-0.05, 0) is 96.4 Å². The van der Waals surface area contributed by atoms with Crippen LogP contribution in [-0.2, 0) is 0 Å². The fourth-order valence-corrected chi connectivity index (χ4v) is 7.45. The van der Waals surface area contributed by atoms with Crippen molar-refractivity contribution in [3.8, 4) is 44.5 Å². The molecule has 0 spiro atoms. The Labute approximate surface area is 297 Å². The molecule has 0 aliphatic heterocycles. The van der Waals surface area contributed by atoms with Gasteiger partial charge in [-0.1, -0.05) is 120 Å². The van der Waals surface area contributed by atoms with Gasteiger partial charge in [0.1, 0.15) is 50.4 Å². The van der Waals surface area contributed by atoms with Crippen LogP contribution in [0.25, 0.3) is 88.0 Å². The molecule has 0 N–H and O–H groups in total. The van der Waals surface area contributed by atoms with E-state index in [-0.39, 0.29) is 16.4 Å². The van der Waals surface area contributed by atoms with E-state index in [9.17, 15) is 0 Å². The van der Waals surface area contributed by atoms with Crippen LogP contribution < -0.4 is 27.3 Å². The molecule has 1 heterocycles. The number of benzene rings is 8. The summed E-state index contributed by atoms with van der Waals surface area (Å²) in [5.41, 5.74) is 11.2. The first-order valence-corrected chi connectivity index (χ1v) is 16.5. The van der Waals surface area contributed by atoms with Gasteiger partial charge in [-0.3, -0.25) is 0 Å². The molecule has 0 atom stereocenters. The van der Waals surface area contributed by atoms with E-state index in [0.717, 1.165) is 71.3 Å². The van der Waals surface area contributed by atoms with E-state index < -0.39 is 0 Å². The highest BCUT2D eigenvalue weighted by atomic mass is 16.3. The van der Waals surface area contributed by atoms with Crippen molar-refractivity contribution >= 4 is 110 Å². The molecule has 0 saturated carbocycles. The summed E-state index contributed by atoms with van der Waals surface area (Å²) in [6, 6.07) is 48.5. The second-order valence-corrected chi connectivity index (χ2v) is 12.8. The number of fused-ring (bicyclic) bond motifs is 5. The van der Waals surface area contributed by atoms with Gasteiger partial charge in [-0.2, -0.15) is 0 Å². The molecule has 1 aromatic heterocycles. The van der Waals surface area contributed by atoms with Gasteiger partial charge in [-0.15, -0.1) is 16.4 Å². The first-order valence-electron chi connectivity index (χ1n) is 16.5. The topological polar surface area (TPSA) is 13.1 Å². The molecular weight excluding hydrogens is 599 g/mol. The zero-order chi connectivity index (χ0) is 34.1. The van der Waals surface area contributed by atoms with Gasteiger partial charge in [0.25, 0.3) is 0 Å². The van der Waals surface area contributed by atoms with Crippen LogP contribution in [0.5, 0.6) is 0 Å². The van der Waals surface area contributed by atoms with Gasteiger partial charge in [0, 0.05) is 10.8 Å². The van der Waals surface area contributed by atoms with Crippen molar-refractivity contribution in [1.29, 1.82) is 0 Å². The molecule has 0 aliphatic rings. The molecule has 0 unspecified atom stereocenters. The normalized spacial score (nSPS) is 11.6. The van der Waals surface area contributed by atoms with Crippen LogP contribution in [0.2, 0.25) is 0 Å². The Hall–Kier alpha value is -5.60. The van der Waals surface area contributed by atoms with Crippen LogP contribution in [0.4, 0.5) is 0 Å². The Balaban J connectivity index is 1.27. The molecule has 50 heavy (non-hydrogen) atoms. The Bertz CT molecular complexity index is 2730. The number of hydrogen-bond acceptors (Lipinski definition) is 1. The Kier molecular flexibility index (Phi) is 7.18. The molecule has 8 aromatic carbocycles. The minimum absolute atomic E-state index is 0.196. The predicted octanol–water partition coefficient (Wildman–Crippen LogP) is 6.53. The first kappa shape index (κ1) is 30.5. The van der Waals surface area contributed by atoms with Crippen molar-refractivity contribution in [2.24, 2.45) is 0 Å². The smallest absolute Gasteiger partial charge is 0.135 e. The quantitative estimate of drug-likeness (QED) is 0.161. The van der Waals surface area contributed by atoms with Gasteiger partial charge in [0.05, 0.1) is 0 Å².